The van der Waals surface area contributed by atoms with Crippen LogP contribution in [-0.4, -0.2) is 40.5 Å². The summed E-state index contributed by atoms with van der Waals surface area (Å²) in [5, 5.41) is 12.6. The molecule has 0 unspecified atom stereocenters. The van der Waals surface area contributed by atoms with E-state index in [0.717, 1.165) is 14.6 Å². The molecule has 0 radical (unpaired) electrons. The van der Waals surface area contributed by atoms with Gasteiger partial charge >= 0.3 is 5.97 Å². The van der Waals surface area contributed by atoms with Crippen molar-refractivity contribution in [1.82, 2.24) is 10.4 Å². The monoisotopic (exact) mass is 401 g/mol. The van der Waals surface area contributed by atoms with Crippen LogP contribution in [0.5, 0.6) is 5.75 Å². The number of carbonyl (C=O) groups is 2. The molecule has 1 amide bonds. The second-order valence-corrected chi connectivity index (χ2v) is 7.50. The number of carboxylic acids is 1. The average Bonchev–Trinajstić information content (AvgIpc) is 3.08. The number of carbonyl (C=O) groups excluding carboxylic acids is 1. The van der Waals surface area contributed by atoms with Gasteiger partial charge in [-0.2, -0.15) is 5.10 Å². The number of carboxylic acid groups (broad SMARTS) is 1. The van der Waals surface area contributed by atoms with Crippen molar-refractivity contribution in [3.63, 3.8) is 0 Å². The van der Waals surface area contributed by atoms with Crippen molar-refractivity contribution in [3.8, 4) is 5.75 Å². The number of nitrogens with one attached hydrogen (secondary N) is 1. The number of hydrazone groups is 1. The summed E-state index contributed by atoms with van der Waals surface area (Å²) in [7, 11) is 0. The van der Waals surface area contributed by atoms with Gasteiger partial charge in [-0.25, -0.2) is 15.2 Å². The first-order valence-electron chi connectivity index (χ1n) is 7.86. The summed E-state index contributed by atoms with van der Waals surface area (Å²) in [6.45, 7) is -0.448. The van der Waals surface area contributed by atoms with Crippen LogP contribution in [0.15, 0.2) is 58.0 Å². The number of para-hydroxylation sites is 2. The maximum Gasteiger partial charge on any atom is 0.341 e. The molecule has 0 fully saturated rings. The van der Waals surface area contributed by atoms with Crippen molar-refractivity contribution in [3.05, 3.63) is 54.1 Å². The van der Waals surface area contributed by atoms with Crippen LogP contribution >= 0.6 is 23.1 Å². The number of thioether (sulfide) groups is 1. The molecule has 0 atom stereocenters. The summed E-state index contributed by atoms with van der Waals surface area (Å²) in [5.74, 6) is -0.767. The van der Waals surface area contributed by atoms with Crippen molar-refractivity contribution >= 4 is 51.4 Å². The van der Waals surface area contributed by atoms with Gasteiger partial charge in [0.15, 0.2) is 10.9 Å². The molecular weight excluding hydrogens is 386 g/mol. The minimum Gasteiger partial charge on any atom is -0.481 e. The van der Waals surface area contributed by atoms with Crippen LogP contribution in [0.4, 0.5) is 0 Å². The van der Waals surface area contributed by atoms with E-state index in [1.165, 1.54) is 29.3 Å². The van der Waals surface area contributed by atoms with E-state index in [4.69, 9.17) is 9.84 Å². The fraction of sp³-hybridized carbons (Fsp3) is 0.111. The molecule has 0 aliphatic heterocycles. The first-order chi connectivity index (χ1) is 13.1. The Bertz CT molecular complexity index is 954. The third kappa shape index (κ3) is 5.53. The lowest BCUT2D eigenvalue weighted by Crippen LogP contribution is -2.19. The topological polar surface area (TPSA) is 101 Å². The third-order valence-electron chi connectivity index (χ3n) is 3.26. The van der Waals surface area contributed by atoms with E-state index in [1.54, 1.807) is 24.3 Å². The van der Waals surface area contributed by atoms with Crippen LogP contribution in [0.1, 0.15) is 5.56 Å². The van der Waals surface area contributed by atoms with Crippen LogP contribution < -0.4 is 10.2 Å². The number of thiazole rings is 1. The first kappa shape index (κ1) is 18.9. The van der Waals surface area contributed by atoms with Gasteiger partial charge in [-0.15, -0.1) is 11.3 Å². The number of aliphatic carboxylic acids is 1. The van der Waals surface area contributed by atoms with Crippen LogP contribution in [-0.2, 0) is 9.59 Å². The number of aromatic nitrogens is 1. The number of ether oxygens (including phenoxy) is 1. The average molecular weight is 401 g/mol. The molecule has 0 aliphatic carbocycles. The highest BCUT2D eigenvalue weighted by molar-refractivity contribution is 8.01. The highest BCUT2D eigenvalue weighted by Crippen LogP contribution is 2.29. The number of benzene rings is 2. The lowest BCUT2D eigenvalue weighted by molar-refractivity contribution is -0.139. The number of fused-ring (bicyclic) bond motifs is 1. The number of hydrogen-bond donors (Lipinski definition) is 2. The summed E-state index contributed by atoms with van der Waals surface area (Å²) < 4.78 is 7.08. The van der Waals surface area contributed by atoms with E-state index in [0.29, 0.717) is 11.3 Å². The van der Waals surface area contributed by atoms with Gasteiger partial charge in [-0.05, 0) is 24.3 Å². The summed E-state index contributed by atoms with van der Waals surface area (Å²) in [6.07, 6.45) is 1.41. The zero-order valence-corrected chi connectivity index (χ0v) is 15.6. The molecule has 2 aromatic carbocycles. The number of hydrogen-bond acceptors (Lipinski definition) is 7. The van der Waals surface area contributed by atoms with Gasteiger partial charge in [0.1, 0.15) is 5.75 Å². The molecule has 2 N–H and O–H groups in total. The molecule has 9 heteroatoms. The van der Waals surface area contributed by atoms with Crippen molar-refractivity contribution in [1.29, 1.82) is 0 Å². The lowest BCUT2D eigenvalue weighted by Gasteiger charge is -2.06. The van der Waals surface area contributed by atoms with Gasteiger partial charge in [0.2, 0.25) is 0 Å². The molecule has 0 spiro atoms. The maximum absolute atomic E-state index is 11.9. The Kier molecular flexibility index (Phi) is 6.39. The van der Waals surface area contributed by atoms with Crippen LogP contribution in [0.2, 0.25) is 0 Å². The van der Waals surface area contributed by atoms with Crippen molar-refractivity contribution in [2.75, 3.05) is 12.4 Å². The Balaban J connectivity index is 1.52. The van der Waals surface area contributed by atoms with E-state index >= 15 is 0 Å². The molecule has 0 saturated heterocycles. The van der Waals surface area contributed by atoms with Crippen molar-refractivity contribution < 1.29 is 19.4 Å². The van der Waals surface area contributed by atoms with E-state index < -0.39 is 12.6 Å². The normalized spacial score (nSPS) is 11.0. The molecule has 3 rings (SSSR count). The van der Waals surface area contributed by atoms with Gasteiger partial charge in [-0.3, -0.25) is 4.79 Å². The smallest absolute Gasteiger partial charge is 0.341 e. The Morgan fingerprint density at radius 3 is 2.81 bits per heavy atom. The fourth-order valence-corrected chi connectivity index (χ4v) is 3.97. The molecule has 0 aliphatic rings. The Hall–Kier alpha value is -2.91. The Morgan fingerprint density at radius 2 is 2.00 bits per heavy atom. The molecule has 27 heavy (non-hydrogen) atoms. The molecule has 1 aromatic heterocycles. The number of amides is 1. The molecule has 7 nitrogen and oxygen atoms in total. The lowest BCUT2D eigenvalue weighted by atomic mass is 10.2. The van der Waals surface area contributed by atoms with Crippen LogP contribution in [0, 0.1) is 0 Å². The molecule has 138 valence electrons. The minimum atomic E-state index is -1.07. The first-order valence-corrected chi connectivity index (χ1v) is 9.66. The highest BCUT2D eigenvalue weighted by atomic mass is 32.2. The Morgan fingerprint density at radius 1 is 1.22 bits per heavy atom. The predicted molar refractivity (Wildman–Crippen MR) is 106 cm³/mol. The number of nitrogens with zero attached hydrogens (tertiary/aromatic N) is 2. The third-order valence-corrected chi connectivity index (χ3v) is 5.44. The Labute approximate surface area is 163 Å². The van der Waals surface area contributed by atoms with Crippen molar-refractivity contribution in [2.24, 2.45) is 5.10 Å². The number of rotatable bonds is 8. The van der Waals surface area contributed by atoms with Crippen molar-refractivity contribution in [2.45, 2.75) is 4.34 Å². The second kappa shape index (κ2) is 9.15. The summed E-state index contributed by atoms with van der Waals surface area (Å²) in [6, 6.07) is 14.6. The SMILES string of the molecule is O=C(O)COc1ccccc1/C=N\NC(=O)CSc1nc2ccccc2s1. The predicted octanol–water partition coefficient (Wildman–Crippen LogP) is 3.00. The second-order valence-electron chi connectivity index (χ2n) is 5.25. The largest absolute Gasteiger partial charge is 0.481 e. The van der Waals surface area contributed by atoms with E-state index in [1.807, 2.05) is 24.3 Å². The highest BCUT2D eigenvalue weighted by Gasteiger charge is 2.07. The molecule has 0 saturated carbocycles. The molecular formula is C18H15N3O4S2. The molecule has 3 aromatic rings. The van der Waals surface area contributed by atoms with Crippen LogP contribution in [0.3, 0.4) is 0 Å². The molecule has 0 bridgehead atoms. The maximum atomic E-state index is 11.9. The zero-order chi connectivity index (χ0) is 19.1. The van der Waals surface area contributed by atoms with Gasteiger partial charge in [0, 0.05) is 5.56 Å². The van der Waals surface area contributed by atoms with E-state index in [-0.39, 0.29) is 11.7 Å². The summed E-state index contributed by atoms with van der Waals surface area (Å²) in [5.41, 5.74) is 3.93. The summed E-state index contributed by atoms with van der Waals surface area (Å²) in [4.78, 5) is 27.0. The molecule has 1 heterocycles. The van der Waals surface area contributed by atoms with Gasteiger partial charge in [0.25, 0.3) is 5.91 Å². The quantitative estimate of drug-likeness (QED) is 0.342. The van der Waals surface area contributed by atoms with Crippen LogP contribution in [0.25, 0.3) is 10.2 Å². The van der Waals surface area contributed by atoms with Gasteiger partial charge in [0.05, 0.1) is 22.2 Å². The van der Waals surface area contributed by atoms with E-state index in [2.05, 4.69) is 15.5 Å². The van der Waals surface area contributed by atoms with Gasteiger partial charge < -0.3 is 9.84 Å². The zero-order valence-electron chi connectivity index (χ0n) is 14.0. The van der Waals surface area contributed by atoms with Gasteiger partial charge in [-0.1, -0.05) is 36.0 Å². The minimum absolute atomic E-state index is 0.189. The standard InChI is InChI=1S/C18H15N3O4S2/c22-16(11-26-18-20-13-6-2-4-8-15(13)27-18)21-19-9-12-5-1-3-7-14(12)25-10-17(23)24/h1-9H,10-11H2,(H,21,22)(H,23,24)/b19-9-. The van der Waals surface area contributed by atoms with E-state index in [9.17, 15) is 9.59 Å². The summed E-state index contributed by atoms with van der Waals surface area (Å²) >= 11 is 2.89. The fourth-order valence-electron chi connectivity index (χ4n) is 2.10.